The van der Waals surface area contributed by atoms with Gasteiger partial charge in [-0.2, -0.15) is 0 Å². The average molecular weight is 330 g/mol. The molecule has 6 heteroatoms. The van der Waals surface area contributed by atoms with E-state index < -0.39 is 0 Å². The largest absolute Gasteiger partial charge is 0.497 e. The summed E-state index contributed by atoms with van der Waals surface area (Å²) in [5, 5.41) is 0. The molecule has 6 nitrogen and oxygen atoms in total. The van der Waals surface area contributed by atoms with Crippen LogP contribution in [-0.2, 0) is 16.1 Å². The van der Waals surface area contributed by atoms with E-state index in [4.69, 9.17) is 14.2 Å². The highest BCUT2D eigenvalue weighted by atomic mass is 16.5. The highest BCUT2D eigenvalue weighted by molar-refractivity contribution is 5.77. The molecule has 0 fully saturated rings. The molecule has 0 saturated heterocycles. The molecule has 0 aliphatic carbocycles. The Labute approximate surface area is 142 Å². The van der Waals surface area contributed by atoms with Gasteiger partial charge in [0.1, 0.15) is 11.5 Å². The highest BCUT2D eigenvalue weighted by Crippen LogP contribution is 2.17. The summed E-state index contributed by atoms with van der Waals surface area (Å²) in [5.41, 5.74) is 1.01. The van der Waals surface area contributed by atoms with Crippen LogP contribution in [0.25, 0.3) is 0 Å². The van der Waals surface area contributed by atoms with Crippen LogP contribution in [0.3, 0.4) is 0 Å². The Morgan fingerprint density at radius 3 is 2.33 bits per heavy atom. The van der Waals surface area contributed by atoms with Gasteiger partial charge in [-0.3, -0.25) is 9.78 Å². The fraction of sp³-hybridized carbons (Fsp3) is 0.333. The third kappa shape index (κ3) is 5.55. The molecular formula is C18H22N2O4. The van der Waals surface area contributed by atoms with Crippen LogP contribution in [0.5, 0.6) is 11.5 Å². The minimum atomic E-state index is -0.0975. The summed E-state index contributed by atoms with van der Waals surface area (Å²) in [7, 11) is 3.22. The van der Waals surface area contributed by atoms with E-state index in [1.807, 2.05) is 12.1 Å². The number of nitrogens with zero attached hydrogens (tertiary/aromatic N) is 2. The van der Waals surface area contributed by atoms with E-state index >= 15 is 0 Å². The molecule has 1 aromatic heterocycles. The van der Waals surface area contributed by atoms with Gasteiger partial charge in [-0.1, -0.05) is 0 Å². The molecule has 1 heterocycles. The Balaban J connectivity index is 1.93. The average Bonchev–Trinajstić information content (AvgIpc) is 2.64. The van der Waals surface area contributed by atoms with Crippen molar-refractivity contribution in [1.29, 1.82) is 0 Å². The lowest BCUT2D eigenvalue weighted by molar-refractivity contribution is -0.134. The molecule has 24 heavy (non-hydrogen) atoms. The number of ether oxygens (including phenoxy) is 3. The second-order valence-corrected chi connectivity index (χ2v) is 5.13. The molecule has 0 bridgehead atoms. The maximum absolute atomic E-state index is 12.5. The van der Waals surface area contributed by atoms with Crippen molar-refractivity contribution in [2.45, 2.75) is 6.54 Å². The molecule has 0 spiro atoms. The second-order valence-electron chi connectivity index (χ2n) is 5.13. The Kier molecular flexibility index (Phi) is 7.04. The number of rotatable bonds is 9. The Morgan fingerprint density at radius 1 is 1.04 bits per heavy atom. The minimum absolute atomic E-state index is 0.0267. The van der Waals surface area contributed by atoms with Crippen molar-refractivity contribution in [3.63, 3.8) is 0 Å². The lowest BCUT2D eigenvalue weighted by Gasteiger charge is -2.22. The van der Waals surface area contributed by atoms with Crippen molar-refractivity contribution in [2.24, 2.45) is 0 Å². The maximum Gasteiger partial charge on any atom is 0.260 e. The van der Waals surface area contributed by atoms with Crippen molar-refractivity contribution in [3.8, 4) is 11.5 Å². The Morgan fingerprint density at radius 2 is 1.71 bits per heavy atom. The number of carbonyl (C=O) groups excluding carboxylic acids is 1. The number of hydrogen-bond acceptors (Lipinski definition) is 5. The zero-order valence-electron chi connectivity index (χ0n) is 14.0. The van der Waals surface area contributed by atoms with Crippen molar-refractivity contribution in [2.75, 3.05) is 34.0 Å². The summed E-state index contributed by atoms with van der Waals surface area (Å²) in [5.74, 6) is 1.27. The van der Waals surface area contributed by atoms with E-state index in [0.29, 0.717) is 25.4 Å². The van der Waals surface area contributed by atoms with E-state index in [9.17, 15) is 4.79 Å². The summed E-state index contributed by atoms with van der Waals surface area (Å²) in [6.07, 6.45) is 3.42. The molecule has 0 N–H and O–H groups in total. The highest BCUT2D eigenvalue weighted by Gasteiger charge is 2.14. The predicted molar refractivity (Wildman–Crippen MR) is 90.0 cm³/mol. The zero-order valence-corrected chi connectivity index (χ0v) is 14.0. The van der Waals surface area contributed by atoms with E-state index in [0.717, 1.165) is 11.3 Å². The van der Waals surface area contributed by atoms with Crippen LogP contribution in [0.2, 0.25) is 0 Å². The fourth-order valence-corrected chi connectivity index (χ4v) is 2.11. The molecule has 1 aromatic carbocycles. The molecule has 0 atom stereocenters. The van der Waals surface area contributed by atoms with E-state index in [2.05, 4.69) is 4.98 Å². The van der Waals surface area contributed by atoms with Gasteiger partial charge in [0.05, 0.1) is 13.7 Å². The molecule has 1 amide bonds. The zero-order chi connectivity index (χ0) is 17.2. The number of aromatic nitrogens is 1. The lowest BCUT2D eigenvalue weighted by Crippen LogP contribution is -2.36. The smallest absolute Gasteiger partial charge is 0.260 e. The standard InChI is InChI=1S/C18H22N2O4/c1-22-12-11-20(13-15-7-9-19-10-8-15)18(21)14-24-17-5-3-16(23-2)4-6-17/h3-10H,11-14H2,1-2H3. The van der Waals surface area contributed by atoms with Crippen LogP contribution in [0.1, 0.15) is 5.56 Å². The number of amides is 1. The molecule has 2 rings (SSSR count). The van der Waals surface area contributed by atoms with Gasteiger partial charge in [0.25, 0.3) is 5.91 Å². The Bertz CT molecular complexity index is 617. The van der Waals surface area contributed by atoms with Crippen LogP contribution in [0.15, 0.2) is 48.8 Å². The van der Waals surface area contributed by atoms with Gasteiger partial charge in [0.15, 0.2) is 6.61 Å². The molecule has 0 radical (unpaired) electrons. The lowest BCUT2D eigenvalue weighted by atomic mass is 10.2. The first-order valence-corrected chi connectivity index (χ1v) is 7.65. The first kappa shape index (κ1) is 17.7. The molecule has 0 unspecified atom stereocenters. The maximum atomic E-state index is 12.5. The third-order valence-electron chi connectivity index (χ3n) is 3.46. The summed E-state index contributed by atoms with van der Waals surface area (Å²) in [6.45, 7) is 1.45. The number of hydrogen-bond donors (Lipinski definition) is 0. The Hall–Kier alpha value is -2.60. The summed E-state index contributed by atoms with van der Waals surface area (Å²) in [4.78, 5) is 18.2. The molecule has 0 aliphatic rings. The monoisotopic (exact) mass is 330 g/mol. The molecule has 0 saturated carbocycles. The predicted octanol–water partition coefficient (Wildman–Crippen LogP) is 2.14. The van der Waals surface area contributed by atoms with Crippen molar-refractivity contribution < 1.29 is 19.0 Å². The molecule has 0 aliphatic heterocycles. The van der Waals surface area contributed by atoms with Gasteiger partial charge in [-0.25, -0.2) is 0 Å². The van der Waals surface area contributed by atoms with Crippen molar-refractivity contribution in [3.05, 3.63) is 54.4 Å². The fourth-order valence-electron chi connectivity index (χ4n) is 2.11. The van der Waals surface area contributed by atoms with Crippen LogP contribution in [0, 0.1) is 0 Å². The van der Waals surface area contributed by atoms with Gasteiger partial charge in [0.2, 0.25) is 0 Å². The molecular weight excluding hydrogens is 308 g/mol. The van der Waals surface area contributed by atoms with Crippen LogP contribution >= 0.6 is 0 Å². The number of carbonyl (C=O) groups is 1. The first-order chi connectivity index (χ1) is 11.7. The topological polar surface area (TPSA) is 60.9 Å². The van der Waals surface area contributed by atoms with Gasteiger partial charge in [0, 0.05) is 32.6 Å². The SMILES string of the molecule is COCCN(Cc1ccncc1)C(=O)COc1ccc(OC)cc1. The van der Waals surface area contributed by atoms with E-state index in [1.54, 1.807) is 55.8 Å². The quantitative estimate of drug-likeness (QED) is 0.705. The number of methoxy groups -OCH3 is 2. The third-order valence-corrected chi connectivity index (χ3v) is 3.46. The van der Waals surface area contributed by atoms with Gasteiger partial charge < -0.3 is 19.1 Å². The first-order valence-electron chi connectivity index (χ1n) is 7.65. The van der Waals surface area contributed by atoms with E-state index in [-0.39, 0.29) is 12.5 Å². The normalized spacial score (nSPS) is 10.2. The molecule has 2 aromatic rings. The molecule has 128 valence electrons. The summed E-state index contributed by atoms with van der Waals surface area (Å²) >= 11 is 0. The summed E-state index contributed by atoms with van der Waals surface area (Å²) < 4.78 is 15.7. The van der Waals surface area contributed by atoms with Crippen LogP contribution in [0.4, 0.5) is 0 Å². The van der Waals surface area contributed by atoms with Crippen LogP contribution < -0.4 is 9.47 Å². The van der Waals surface area contributed by atoms with Crippen molar-refractivity contribution >= 4 is 5.91 Å². The van der Waals surface area contributed by atoms with Gasteiger partial charge >= 0.3 is 0 Å². The number of pyridine rings is 1. The number of benzene rings is 1. The summed E-state index contributed by atoms with van der Waals surface area (Å²) in [6, 6.07) is 10.9. The minimum Gasteiger partial charge on any atom is -0.497 e. The van der Waals surface area contributed by atoms with E-state index in [1.165, 1.54) is 0 Å². The second kappa shape index (κ2) is 9.52. The van der Waals surface area contributed by atoms with Crippen molar-refractivity contribution in [1.82, 2.24) is 9.88 Å². The van der Waals surface area contributed by atoms with Gasteiger partial charge in [-0.15, -0.1) is 0 Å². The van der Waals surface area contributed by atoms with Gasteiger partial charge in [-0.05, 0) is 42.0 Å². The van der Waals surface area contributed by atoms with Crippen LogP contribution in [-0.4, -0.2) is 49.8 Å².